The van der Waals surface area contributed by atoms with Crippen molar-refractivity contribution in [3.8, 4) is 0 Å². The quantitative estimate of drug-likeness (QED) is 0.729. The average Bonchev–Trinajstić information content (AvgIpc) is 2.49. The van der Waals surface area contributed by atoms with E-state index in [1.165, 1.54) is 0 Å². The Morgan fingerprint density at radius 3 is 2.05 bits per heavy atom. The first-order valence-corrected chi connectivity index (χ1v) is 6.95. The molecule has 0 fully saturated rings. The van der Waals surface area contributed by atoms with Gasteiger partial charge in [0, 0.05) is 25.5 Å². The van der Waals surface area contributed by atoms with Crippen LogP contribution in [0.4, 0.5) is 0 Å². The van der Waals surface area contributed by atoms with E-state index in [9.17, 15) is 4.79 Å². The molecule has 2 heterocycles. The van der Waals surface area contributed by atoms with Gasteiger partial charge < -0.3 is 4.74 Å². The van der Waals surface area contributed by atoms with Gasteiger partial charge >= 0.3 is 5.97 Å². The predicted molar refractivity (Wildman–Crippen MR) is 79.2 cm³/mol. The lowest BCUT2D eigenvalue weighted by Gasteiger charge is -2.20. The number of pyridine rings is 2. The second-order valence-electron chi connectivity index (χ2n) is 4.59. The fourth-order valence-electron chi connectivity index (χ4n) is 2.00. The fourth-order valence-corrected chi connectivity index (χ4v) is 2.00. The van der Waals surface area contributed by atoms with Crippen molar-refractivity contribution < 1.29 is 9.53 Å². The van der Waals surface area contributed by atoms with E-state index in [0.29, 0.717) is 19.7 Å². The van der Waals surface area contributed by atoms with Gasteiger partial charge in [0.1, 0.15) is 0 Å². The molecule has 0 radical (unpaired) electrons. The molecule has 2 aromatic rings. The van der Waals surface area contributed by atoms with Gasteiger partial charge in [0.2, 0.25) is 0 Å². The van der Waals surface area contributed by atoms with Crippen LogP contribution < -0.4 is 0 Å². The van der Waals surface area contributed by atoms with Crippen molar-refractivity contribution in [1.29, 1.82) is 0 Å². The third kappa shape index (κ3) is 5.31. The lowest BCUT2D eigenvalue weighted by atomic mass is 10.3. The molecule has 5 heteroatoms. The molecule has 0 aliphatic rings. The van der Waals surface area contributed by atoms with Gasteiger partial charge in [-0.25, -0.2) is 0 Å². The molecule has 0 N–H and O–H groups in total. The van der Waals surface area contributed by atoms with E-state index in [-0.39, 0.29) is 12.5 Å². The van der Waals surface area contributed by atoms with Crippen LogP contribution in [0.5, 0.6) is 0 Å². The van der Waals surface area contributed by atoms with Crippen molar-refractivity contribution in [3.63, 3.8) is 0 Å². The van der Waals surface area contributed by atoms with E-state index in [1.807, 2.05) is 41.3 Å². The number of hydrogen-bond acceptors (Lipinski definition) is 5. The highest BCUT2D eigenvalue weighted by atomic mass is 16.5. The topological polar surface area (TPSA) is 55.3 Å². The van der Waals surface area contributed by atoms with Crippen LogP contribution in [0.3, 0.4) is 0 Å². The van der Waals surface area contributed by atoms with Crippen LogP contribution >= 0.6 is 0 Å². The van der Waals surface area contributed by atoms with Gasteiger partial charge in [-0.05, 0) is 31.2 Å². The molecule has 5 nitrogen and oxygen atoms in total. The number of esters is 1. The highest BCUT2D eigenvalue weighted by molar-refractivity contribution is 5.71. The number of ether oxygens (including phenoxy) is 1. The Bertz CT molecular complexity index is 504. The smallest absolute Gasteiger partial charge is 0.320 e. The van der Waals surface area contributed by atoms with E-state index in [4.69, 9.17) is 4.74 Å². The van der Waals surface area contributed by atoms with Crippen LogP contribution in [-0.4, -0.2) is 34.0 Å². The molecule has 110 valence electrons. The molecule has 0 saturated heterocycles. The van der Waals surface area contributed by atoms with Crippen LogP contribution in [0.2, 0.25) is 0 Å². The maximum atomic E-state index is 11.7. The summed E-state index contributed by atoms with van der Waals surface area (Å²) in [6, 6.07) is 11.5. The second-order valence-corrected chi connectivity index (χ2v) is 4.59. The Morgan fingerprint density at radius 1 is 1.05 bits per heavy atom. The standard InChI is InChI=1S/C16H19N3O2/c1-2-21-16(20)13-19(11-14-7-3-5-9-17-14)12-15-8-4-6-10-18-15/h3-10H,2,11-13H2,1H3. The normalized spacial score (nSPS) is 10.6. The van der Waals surface area contributed by atoms with Crippen molar-refractivity contribution in [2.24, 2.45) is 0 Å². The van der Waals surface area contributed by atoms with Crippen molar-refractivity contribution >= 4 is 5.97 Å². The zero-order valence-electron chi connectivity index (χ0n) is 12.1. The molecule has 0 spiro atoms. The second kappa shape index (κ2) is 8.11. The molecule has 0 atom stereocenters. The highest BCUT2D eigenvalue weighted by Crippen LogP contribution is 2.06. The van der Waals surface area contributed by atoms with E-state index >= 15 is 0 Å². The summed E-state index contributed by atoms with van der Waals surface area (Å²) in [4.78, 5) is 22.3. The molecular formula is C16H19N3O2. The molecule has 0 bridgehead atoms. The predicted octanol–water partition coefficient (Wildman–Crippen LogP) is 2.04. The number of carbonyl (C=O) groups excluding carboxylic acids is 1. The Labute approximate surface area is 124 Å². The monoisotopic (exact) mass is 285 g/mol. The summed E-state index contributed by atoms with van der Waals surface area (Å²) in [5, 5.41) is 0. The minimum Gasteiger partial charge on any atom is -0.465 e. The largest absolute Gasteiger partial charge is 0.465 e. The molecule has 0 unspecified atom stereocenters. The van der Waals surface area contributed by atoms with Crippen molar-refractivity contribution in [2.45, 2.75) is 20.0 Å². The number of carbonyl (C=O) groups is 1. The zero-order chi connectivity index (χ0) is 14.9. The van der Waals surface area contributed by atoms with Gasteiger partial charge in [0.25, 0.3) is 0 Å². The van der Waals surface area contributed by atoms with E-state index in [2.05, 4.69) is 9.97 Å². The van der Waals surface area contributed by atoms with E-state index in [1.54, 1.807) is 19.3 Å². The molecule has 0 saturated carbocycles. The average molecular weight is 285 g/mol. The maximum Gasteiger partial charge on any atom is 0.320 e. The number of nitrogens with zero attached hydrogens (tertiary/aromatic N) is 3. The molecule has 0 aliphatic heterocycles. The van der Waals surface area contributed by atoms with Crippen LogP contribution in [0.25, 0.3) is 0 Å². The summed E-state index contributed by atoms with van der Waals surface area (Å²) >= 11 is 0. The minimum atomic E-state index is -0.232. The SMILES string of the molecule is CCOC(=O)CN(Cc1ccccn1)Cc1ccccn1. The van der Waals surface area contributed by atoms with Gasteiger partial charge in [-0.3, -0.25) is 19.7 Å². The lowest BCUT2D eigenvalue weighted by Crippen LogP contribution is -2.31. The third-order valence-electron chi connectivity index (χ3n) is 2.88. The van der Waals surface area contributed by atoms with E-state index < -0.39 is 0 Å². The summed E-state index contributed by atoms with van der Waals surface area (Å²) in [6.07, 6.45) is 3.50. The molecule has 0 aromatic carbocycles. The van der Waals surface area contributed by atoms with Crippen LogP contribution in [0, 0.1) is 0 Å². The number of rotatable bonds is 7. The summed E-state index contributed by atoms with van der Waals surface area (Å²) in [5.41, 5.74) is 1.83. The van der Waals surface area contributed by atoms with Gasteiger partial charge in [0.05, 0.1) is 24.5 Å². The van der Waals surface area contributed by atoms with Crippen molar-refractivity contribution in [2.75, 3.05) is 13.2 Å². The highest BCUT2D eigenvalue weighted by Gasteiger charge is 2.13. The Kier molecular flexibility index (Phi) is 5.84. The molecule has 0 amide bonds. The molecule has 0 aliphatic carbocycles. The molecule has 21 heavy (non-hydrogen) atoms. The van der Waals surface area contributed by atoms with Gasteiger partial charge in [-0.1, -0.05) is 12.1 Å². The fraction of sp³-hybridized carbons (Fsp3) is 0.312. The van der Waals surface area contributed by atoms with Crippen LogP contribution in [-0.2, 0) is 22.6 Å². The lowest BCUT2D eigenvalue weighted by molar-refractivity contribution is -0.144. The maximum absolute atomic E-state index is 11.7. The summed E-state index contributed by atoms with van der Waals surface area (Å²) in [6.45, 7) is 3.58. The zero-order valence-corrected chi connectivity index (χ0v) is 12.1. The number of aromatic nitrogens is 2. The Morgan fingerprint density at radius 2 is 1.62 bits per heavy atom. The Balaban J connectivity index is 2.04. The van der Waals surface area contributed by atoms with Gasteiger partial charge in [-0.15, -0.1) is 0 Å². The van der Waals surface area contributed by atoms with Crippen molar-refractivity contribution in [1.82, 2.24) is 14.9 Å². The van der Waals surface area contributed by atoms with Crippen molar-refractivity contribution in [3.05, 3.63) is 60.2 Å². The van der Waals surface area contributed by atoms with Crippen LogP contribution in [0.15, 0.2) is 48.8 Å². The number of hydrogen-bond donors (Lipinski definition) is 0. The summed E-state index contributed by atoms with van der Waals surface area (Å²) in [7, 11) is 0. The molecule has 2 aromatic heterocycles. The van der Waals surface area contributed by atoms with Gasteiger partial charge in [-0.2, -0.15) is 0 Å². The third-order valence-corrected chi connectivity index (χ3v) is 2.88. The van der Waals surface area contributed by atoms with Gasteiger partial charge in [0.15, 0.2) is 0 Å². The summed E-state index contributed by atoms with van der Waals surface area (Å²) in [5.74, 6) is -0.232. The minimum absolute atomic E-state index is 0.223. The molecule has 2 rings (SSSR count). The van der Waals surface area contributed by atoms with Crippen LogP contribution in [0.1, 0.15) is 18.3 Å². The summed E-state index contributed by atoms with van der Waals surface area (Å²) < 4.78 is 5.03. The first-order chi connectivity index (χ1) is 10.3. The first kappa shape index (κ1) is 15.1. The Hall–Kier alpha value is -2.27. The first-order valence-electron chi connectivity index (χ1n) is 6.95. The van der Waals surface area contributed by atoms with E-state index in [0.717, 1.165) is 11.4 Å². The molecular weight excluding hydrogens is 266 g/mol.